The molecule has 1 aromatic rings. The van der Waals surface area contributed by atoms with Crippen LogP contribution in [-0.2, 0) is 9.59 Å². The Morgan fingerprint density at radius 1 is 1.07 bits per heavy atom. The highest BCUT2D eigenvalue weighted by Crippen LogP contribution is 2.36. The molecule has 4 atom stereocenters. The quantitative estimate of drug-likeness (QED) is 0.870. The molecule has 0 bridgehead atoms. The van der Waals surface area contributed by atoms with E-state index in [9.17, 15) is 9.59 Å². The van der Waals surface area contributed by atoms with E-state index in [-0.39, 0.29) is 23.8 Å². The molecule has 0 unspecified atom stereocenters. The first kappa shape index (κ1) is 19.4. The van der Waals surface area contributed by atoms with Gasteiger partial charge in [0.2, 0.25) is 11.8 Å². The van der Waals surface area contributed by atoms with Crippen LogP contribution in [0.25, 0.3) is 0 Å². The number of piperidine rings is 3. The molecule has 3 heterocycles. The van der Waals surface area contributed by atoms with Gasteiger partial charge in [0.05, 0.1) is 12.0 Å². The van der Waals surface area contributed by atoms with Crippen LogP contribution in [0.5, 0.6) is 0 Å². The Morgan fingerprint density at radius 2 is 1.86 bits per heavy atom. The minimum atomic E-state index is -0.170. The Balaban J connectivity index is 1.43. The highest BCUT2D eigenvalue weighted by molar-refractivity contribution is 5.84. The fourth-order valence-electron chi connectivity index (χ4n) is 5.60. The molecule has 5 heteroatoms. The van der Waals surface area contributed by atoms with Gasteiger partial charge in [-0.05, 0) is 56.7 Å². The fraction of sp³-hybridized carbons (Fsp3) is 0.652. The molecule has 0 radical (unpaired) electrons. The van der Waals surface area contributed by atoms with Crippen molar-refractivity contribution in [2.24, 2.45) is 11.8 Å². The van der Waals surface area contributed by atoms with Gasteiger partial charge in [-0.1, -0.05) is 36.8 Å². The van der Waals surface area contributed by atoms with Gasteiger partial charge in [-0.2, -0.15) is 0 Å². The maximum Gasteiger partial charge on any atom is 0.225 e. The Bertz CT molecular complexity index is 690. The number of nitrogens with zero attached hydrogens (tertiary/aromatic N) is 2. The predicted molar refractivity (Wildman–Crippen MR) is 110 cm³/mol. The van der Waals surface area contributed by atoms with Gasteiger partial charge < -0.3 is 15.1 Å². The van der Waals surface area contributed by atoms with Gasteiger partial charge in [0, 0.05) is 26.1 Å². The van der Waals surface area contributed by atoms with Crippen LogP contribution in [-0.4, -0.2) is 54.3 Å². The summed E-state index contributed by atoms with van der Waals surface area (Å²) in [7, 11) is 1.83. The van der Waals surface area contributed by atoms with E-state index in [0.717, 1.165) is 12.1 Å². The molecule has 1 N–H and O–H groups in total. The van der Waals surface area contributed by atoms with E-state index >= 15 is 0 Å². The molecule has 3 fully saturated rings. The maximum absolute atomic E-state index is 13.2. The Labute approximate surface area is 168 Å². The summed E-state index contributed by atoms with van der Waals surface area (Å²) >= 11 is 0. The number of carbonyl (C=O) groups excluding carboxylic acids is 2. The van der Waals surface area contributed by atoms with E-state index in [2.05, 4.69) is 10.2 Å². The Morgan fingerprint density at radius 3 is 2.68 bits per heavy atom. The van der Waals surface area contributed by atoms with Gasteiger partial charge >= 0.3 is 0 Å². The first-order chi connectivity index (χ1) is 13.6. The van der Waals surface area contributed by atoms with E-state index in [4.69, 9.17) is 0 Å². The third-order valence-electron chi connectivity index (χ3n) is 7.11. The summed E-state index contributed by atoms with van der Waals surface area (Å²) < 4.78 is 0. The largest absolute Gasteiger partial charge is 0.355 e. The third-order valence-corrected chi connectivity index (χ3v) is 7.11. The number of fused-ring (bicyclic) bond motifs is 1. The number of hydrogen-bond donors (Lipinski definition) is 1. The first-order valence-electron chi connectivity index (χ1n) is 11.0. The van der Waals surface area contributed by atoms with Crippen LogP contribution in [0.15, 0.2) is 30.3 Å². The highest BCUT2D eigenvalue weighted by atomic mass is 16.2. The van der Waals surface area contributed by atoms with Crippen molar-refractivity contribution >= 4 is 11.8 Å². The van der Waals surface area contributed by atoms with Crippen molar-refractivity contribution in [2.75, 3.05) is 26.7 Å². The smallest absolute Gasteiger partial charge is 0.225 e. The summed E-state index contributed by atoms with van der Waals surface area (Å²) in [5, 5.41) is 3.29. The zero-order valence-electron chi connectivity index (χ0n) is 17.0. The molecule has 3 aliphatic rings. The van der Waals surface area contributed by atoms with Crippen LogP contribution >= 0.6 is 0 Å². The summed E-state index contributed by atoms with van der Waals surface area (Å²) in [6, 6.07) is 10.5. The average Bonchev–Trinajstić information content (AvgIpc) is 2.74. The first-order valence-corrected chi connectivity index (χ1v) is 11.0. The second-order valence-electron chi connectivity index (χ2n) is 8.75. The topological polar surface area (TPSA) is 52.7 Å². The summed E-state index contributed by atoms with van der Waals surface area (Å²) in [5.74, 6) is 0.636. The highest BCUT2D eigenvalue weighted by Gasteiger charge is 2.39. The van der Waals surface area contributed by atoms with Crippen molar-refractivity contribution in [2.45, 2.75) is 57.0 Å². The van der Waals surface area contributed by atoms with Crippen molar-refractivity contribution in [3.8, 4) is 0 Å². The van der Waals surface area contributed by atoms with Crippen LogP contribution in [0.3, 0.4) is 0 Å². The molecule has 5 nitrogen and oxygen atoms in total. The predicted octanol–water partition coefficient (Wildman–Crippen LogP) is 2.98. The molecule has 0 aromatic heterocycles. The molecule has 3 saturated heterocycles. The normalized spacial score (nSPS) is 31.3. The molecule has 152 valence electrons. The minimum Gasteiger partial charge on any atom is -0.355 e. The number of benzene rings is 1. The zero-order chi connectivity index (χ0) is 19.5. The van der Waals surface area contributed by atoms with Crippen LogP contribution in [0.4, 0.5) is 0 Å². The fourth-order valence-corrected chi connectivity index (χ4v) is 5.60. The molecule has 2 amide bonds. The summed E-state index contributed by atoms with van der Waals surface area (Å²) in [4.78, 5) is 29.9. The van der Waals surface area contributed by atoms with Crippen LogP contribution in [0.1, 0.15) is 56.6 Å². The summed E-state index contributed by atoms with van der Waals surface area (Å²) in [6.07, 6.45) is 7.45. The molecule has 4 rings (SSSR count). The van der Waals surface area contributed by atoms with Gasteiger partial charge in [-0.15, -0.1) is 0 Å². The van der Waals surface area contributed by atoms with E-state index in [1.165, 1.54) is 45.2 Å². The summed E-state index contributed by atoms with van der Waals surface area (Å²) in [6.45, 7) is 3.22. The average molecular weight is 384 g/mol. The van der Waals surface area contributed by atoms with Crippen molar-refractivity contribution < 1.29 is 9.59 Å². The van der Waals surface area contributed by atoms with Crippen LogP contribution in [0, 0.1) is 11.8 Å². The minimum absolute atomic E-state index is 0.112. The lowest BCUT2D eigenvalue weighted by Crippen LogP contribution is -2.52. The van der Waals surface area contributed by atoms with E-state index < -0.39 is 0 Å². The molecule has 0 aliphatic carbocycles. The van der Waals surface area contributed by atoms with Crippen molar-refractivity contribution in [1.29, 1.82) is 0 Å². The van der Waals surface area contributed by atoms with Crippen molar-refractivity contribution in [3.05, 3.63) is 35.9 Å². The van der Waals surface area contributed by atoms with Gasteiger partial charge in [-0.3, -0.25) is 9.59 Å². The van der Waals surface area contributed by atoms with Gasteiger partial charge in [0.15, 0.2) is 0 Å². The number of nitrogens with one attached hydrogen (secondary N) is 1. The number of carbonyl (C=O) groups is 2. The lowest BCUT2D eigenvalue weighted by molar-refractivity contribution is -0.141. The Kier molecular flexibility index (Phi) is 6.00. The number of likely N-dealkylation sites (tertiary alicyclic amines) is 1. The standard InChI is InChI=1S/C23H33N3O2/c1-25-21(27)13-12-19(22(25)17-8-3-2-4-9-17)23(28)24-16-18-10-7-15-26-14-6-5-11-20(18)26/h2-4,8-9,18-20,22H,5-7,10-16H2,1H3,(H,24,28)/t18-,19-,20+,22-/m0/s1. The third kappa shape index (κ3) is 3.95. The monoisotopic (exact) mass is 383 g/mol. The Hall–Kier alpha value is -1.88. The number of amides is 2. The van der Waals surface area contributed by atoms with Gasteiger partial charge in [0.1, 0.15) is 0 Å². The van der Waals surface area contributed by atoms with Crippen molar-refractivity contribution in [3.63, 3.8) is 0 Å². The molecule has 28 heavy (non-hydrogen) atoms. The molecule has 1 aromatic carbocycles. The van der Waals surface area contributed by atoms with E-state index in [0.29, 0.717) is 24.8 Å². The van der Waals surface area contributed by atoms with Gasteiger partial charge in [0.25, 0.3) is 0 Å². The number of rotatable bonds is 4. The molecule has 3 aliphatic heterocycles. The second-order valence-corrected chi connectivity index (χ2v) is 8.75. The number of hydrogen-bond acceptors (Lipinski definition) is 3. The molecule has 0 saturated carbocycles. The van der Waals surface area contributed by atoms with Crippen molar-refractivity contribution in [1.82, 2.24) is 15.1 Å². The van der Waals surface area contributed by atoms with E-state index in [1.807, 2.05) is 37.4 Å². The SMILES string of the molecule is CN1C(=O)CC[C@H](C(=O)NC[C@@H]2CCCN3CCCC[C@H]23)[C@@H]1c1ccccc1. The maximum atomic E-state index is 13.2. The van der Waals surface area contributed by atoms with Gasteiger partial charge in [-0.25, -0.2) is 0 Å². The molecule has 0 spiro atoms. The second kappa shape index (κ2) is 8.64. The van der Waals surface area contributed by atoms with E-state index in [1.54, 1.807) is 4.90 Å². The molecular formula is C23H33N3O2. The molecular weight excluding hydrogens is 350 g/mol. The lowest BCUT2D eigenvalue weighted by atomic mass is 9.82. The lowest BCUT2D eigenvalue weighted by Gasteiger charge is -2.44. The van der Waals surface area contributed by atoms with Crippen LogP contribution in [0.2, 0.25) is 0 Å². The zero-order valence-corrected chi connectivity index (χ0v) is 17.0. The summed E-state index contributed by atoms with van der Waals surface area (Å²) in [5.41, 5.74) is 1.05. The van der Waals surface area contributed by atoms with Crippen LogP contribution < -0.4 is 5.32 Å².